The first-order chi connectivity index (χ1) is 10.1. The molecule has 0 bridgehead atoms. The highest BCUT2D eigenvalue weighted by molar-refractivity contribution is 5.94. The summed E-state index contributed by atoms with van der Waals surface area (Å²) < 4.78 is 6.73. The van der Waals surface area contributed by atoms with Crippen LogP contribution in [0.1, 0.15) is 34.1 Å². The summed E-state index contributed by atoms with van der Waals surface area (Å²) >= 11 is 0. The largest absolute Gasteiger partial charge is 0.462 e. The second-order valence-corrected chi connectivity index (χ2v) is 5.16. The Morgan fingerprint density at radius 2 is 2.19 bits per heavy atom. The van der Waals surface area contributed by atoms with Gasteiger partial charge >= 0.3 is 5.97 Å². The van der Waals surface area contributed by atoms with Crippen molar-refractivity contribution in [1.29, 1.82) is 0 Å². The molecule has 0 saturated heterocycles. The minimum atomic E-state index is -0.428. The van der Waals surface area contributed by atoms with Gasteiger partial charge in [0.2, 0.25) is 0 Å². The Morgan fingerprint density at radius 1 is 1.38 bits per heavy atom. The van der Waals surface area contributed by atoms with Crippen molar-refractivity contribution in [2.45, 2.75) is 26.7 Å². The Bertz CT molecular complexity index is 731. The minimum Gasteiger partial charge on any atom is -0.462 e. The van der Waals surface area contributed by atoms with Gasteiger partial charge in [-0.05, 0) is 31.0 Å². The Morgan fingerprint density at radius 3 is 2.95 bits per heavy atom. The van der Waals surface area contributed by atoms with Gasteiger partial charge in [0.25, 0.3) is 0 Å². The quantitative estimate of drug-likeness (QED) is 0.792. The number of ether oxygens (including phenoxy) is 1. The summed E-state index contributed by atoms with van der Waals surface area (Å²) in [6.07, 6.45) is 2.04. The number of esters is 1. The number of benzene rings is 1. The monoisotopic (exact) mass is 284 g/mol. The summed E-state index contributed by atoms with van der Waals surface area (Å²) in [6.45, 7) is 4.04. The van der Waals surface area contributed by atoms with Crippen LogP contribution >= 0.6 is 0 Å². The van der Waals surface area contributed by atoms with E-state index in [1.54, 1.807) is 11.6 Å². The Kier molecular flexibility index (Phi) is 3.33. The van der Waals surface area contributed by atoms with E-state index in [1.807, 2.05) is 25.1 Å². The number of rotatable bonds is 2. The van der Waals surface area contributed by atoms with Crippen molar-refractivity contribution >= 4 is 11.8 Å². The van der Waals surface area contributed by atoms with E-state index in [-0.39, 0.29) is 12.2 Å². The molecule has 0 spiro atoms. The average Bonchev–Trinajstić information content (AvgIpc) is 2.79. The molecule has 0 N–H and O–H groups in total. The minimum absolute atomic E-state index is 0.0740. The summed E-state index contributed by atoms with van der Waals surface area (Å²) in [5.41, 5.74) is 3.87. The number of fused-ring (bicyclic) bond motifs is 3. The molecule has 1 aliphatic rings. The van der Waals surface area contributed by atoms with Gasteiger partial charge in [-0.15, -0.1) is 0 Å². The summed E-state index contributed by atoms with van der Waals surface area (Å²) in [7, 11) is 0. The summed E-state index contributed by atoms with van der Waals surface area (Å²) in [4.78, 5) is 24.1. The smallest absolute Gasteiger partial charge is 0.341 e. The van der Waals surface area contributed by atoms with Gasteiger partial charge in [0.05, 0.1) is 30.6 Å². The maximum Gasteiger partial charge on any atom is 0.341 e. The zero-order valence-electron chi connectivity index (χ0n) is 12.0. The van der Waals surface area contributed by atoms with Gasteiger partial charge in [-0.2, -0.15) is 5.10 Å². The van der Waals surface area contributed by atoms with Crippen molar-refractivity contribution in [3.63, 3.8) is 0 Å². The maximum absolute atomic E-state index is 12.1. The molecule has 3 rings (SSSR count). The summed E-state index contributed by atoms with van der Waals surface area (Å²) in [5.74, 6) is -0.354. The van der Waals surface area contributed by atoms with Crippen molar-refractivity contribution in [2.24, 2.45) is 0 Å². The van der Waals surface area contributed by atoms with Crippen molar-refractivity contribution in [3.05, 3.63) is 46.8 Å². The van der Waals surface area contributed by atoms with E-state index in [2.05, 4.69) is 5.10 Å². The molecule has 0 atom stereocenters. The number of hydrogen-bond acceptors (Lipinski definition) is 4. The van der Waals surface area contributed by atoms with Crippen LogP contribution in [-0.2, 0) is 22.4 Å². The van der Waals surface area contributed by atoms with E-state index in [1.165, 1.54) is 6.20 Å². The van der Waals surface area contributed by atoms with Gasteiger partial charge in [0.15, 0.2) is 0 Å². The molecular formula is C16H16N2O3. The molecule has 0 unspecified atom stereocenters. The third kappa shape index (κ3) is 2.35. The second-order valence-electron chi connectivity index (χ2n) is 5.16. The van der Waals surface area contributed by atoms with E-state index >= 15 is 0 Å². The molecule has 108 valence electrons. The fourth-order valence-electron chi connectivity index (χ4n) is 2.61. The topological polar surface area (TPSA) is 61.2 Å². The van der Waals surface area contributed by atoms with Crippen LogP contribution in [0.15, 0.2) is 24.4 Å². The number of carbonyl (C=O) groups excluding carboxylic acids is 2. The number of ketones is 1. The number of aryl methyl sites for hydroxylation is 1. The highest BCUT2D eigenvalue weighted by atomic mass is 16.5. The van der Waals surface area contributed by atoms with Crippen molar-refractivity contribution < 1.29 is 14.3 Å². The van der Waals surface area contributed by atoms with Gasteiger partial charge in [0, 0.05) is 6.42 Å². The van der Waals surface area contributed by atoms with Crippen LogP contribution in [0.25, 0.3) is 5.69 Å². The van der Waals surface area contributed by atoms with Gasteiger partial charge < -0.3 is 4.74 Å². The van der Waals surface area contributed by atoms with E-state index in [4.69, 9.17) is 4.74 Å². The molecule has 1 aromatic carbocycles. The Hall–Kier alpha value is -2.43. The van der Waals surface area contributed by atoms with Crippen LogP contribution in [-0.4, -0.2) is 28.1 Å². The van der Waals surface area contributed by atoms with Crippen LogP contribution < -0.4 is 0 Å². The molecule has 0 saturated carbocycles. The first-order valence-corrected chi connectivity index (χ1v) is 6.95. The van der Waals surface area contributed by atoms with Crippen LogP contribution in [0.5, 0.6) is 0 Å². The zero-order valence-corrected chi connectivity index (χ0v) is 12.0. The number of Topliss-reactive ketones (excluding diaryl/α,β-unsaturated/α-hetero) is 1. The molecule has 2 aromatic rings. The molecule has 21 heavy (non-hydrogen) atoms. The lowest BCUT2D eigenvalue weighted by Crippen LogP contribution is -2.11. The number of carbonyl (C=O) groups is 2. The predicted molar refractivity (Wildman–Crippen MR) is 76.7 cm³/mol. The fraction of sp³-hybridized carbons (Fsp3) is 0.312. The van der Waals surface area contributed by atoms with Crippen LogP contribution in [0.4, 0.5) is 0 Å². The van der Waals surface area contributed by atoms with E-state index < -0.39 is 5.97 Å². The predicted octanol–water partition coefficient (Wildman–Crippen LogP) is 2.03. The van der Waals surface area contributed by atoms with E-state index in [0.29, 0.717) is 24.3 Å². The third-order valence-electron chi connectivity index (χ3n) is 3.59. The lowest BCUT2D eigenvalue weighted by molar-refractivity contribution is -0.117. The SMILES string of the molecule is CCOC(=O)c1cnn2c1CC(=O)Cc1ccc(C)cc1-2. The lowest BCUT2D eigenvalue weighted by atomic mass is 10.0. The first-order valence-electron chi connectivity index (χ1n) is 6.95. The van der Waals surface area contributed by atoms with Gasteiger partial charge in [-0.1, -0.05) is 12.1 Å². The normalized spacial score (nSPS) is 13.3. The molecular weight excluding hydrogens is 268 g/mol. The molecule has 0 fully saturated rings. The summed E-state index contributed by atoms with van der Waals surface area (Å²) in [6, 6.07) is 5.91. The van der Waals surface area contributed by atoms with Crippen LogP contribution in [0.2, 0.25) is 0 Å². The zero-order chi connectivity index (χ0) is 15.0. The summed E-state index contributed by atoms with van der Waals surface area (Å²) in [5, 5.41) is 4.30. The van der Waals surface area contributed by atoms with E-state index in [0.717, 1.165) is 16.8 Å². The average molecular weight is 284 g/mol. The van der Waals surface area contributed by atoms with Gasteiger partial charge in [0.1, 0.15) is 11.3 Å². The van der Waals surface area contributed by atoms with Crippen LogP contribution in [0.3, 0.4) is 0 Å². The molecule has 2 heterocycles. The van der Waals surface area contributed by atoms with E-state index in [9.17, 15) is 9.59 Å². The molecule has 1 aromatic heterocycles. The second kappa shape index (κ2) is 5.16. The highest BCUT2D eigenvalue weighted by Gasteiger charge is 2.26. The maximum atomic E-state index is 12.1. The highest BCUT2D eigenvalue weighted by Crippen LogP contribution is 2.25. The standard InChI is InChI=1S/C16H16N2O3/c1-3-21-16(20)13-9-17-18-14-6-10(2)4-5-11(14)7-12(19)8-15(13)18/h4-6,9H,3,7-8H2,1-2H3. The Balaban J connectivity index is 2.17. The van der Waals surface area contributed by atoms with Gasteiger partial charge in [-0.25, -0.2) is 9.48 Å². The number of hydrogen-bond donors (Lipinski definition) is 0. The number of nitrogens with zero attached hydrogens (tertiary/aromatic N) is 2. The fourth-order valence-corrected chi connectivity index (χ4v) is 2.61. The van der Waals surface area contributed by atoms with Gasteiger partial charge in [-0.3, -0.25) is 4.79 Å². The van der Waals surface area contributed by atoms with Crippen molar-refractivity contribution in [2.75, 3.05) is 6.61 Å². The molecule has 0 aliphatic carbocycles. The lowest BCUT2D eigenvalue weighted by Gasteiger charge is -2.09. The molecule has 0 radical (unpaired) electrons. The number of aromatic nitrogens is 2. The molecule has 1 aliphatic heterocycles. The van der Waals surface area contributed by atoms with Crippen LogP contribution in [0, 0.1) is 6.92 Å². The molecule has 5 nitrogen and oxygen atoms in total. The molecule has 5 heteroatoms. The van der Waals surface area contributed by atoms with Crippen molar-refractivity contribution in [3.8, 4) is 5.69 Å². The first kappa shape index (κ1) is 13.5. The third-order valence-corrected chi connectivity index (χ3v) is 3.59. The van der Waals surface area contributed by atoms with Crippen molar-refractivity contribution in [1.82, 2.24) is 9.78 Å². The molecule has 0 amide bonds. The Labute approximate surface area is 122 Å².